The molecule has 4 nitrogen and oxygen atoms in total. The van der Waals surface area contributed by atoms with Crippen LogP contribution in [0.2, 0.25) is 0 Å². The highest BCUT2D eigenvalue weighted by molar-refractivity contribution is 5.08. The summed E-state index contributed by atoms with van der Waals surface area (Å²) in [6.07, 6.45) is 0. The molecule has 0 aromatic carbocycles. The van der Waals surface area contributed by atoms with Crippen LogP contribution in [0.4, 0.5) is 0 Å². The molecule has 0 aliphatic carbocycles. The number of hydrogen-bond donors (Lipinski definition) is 1. The van der Waals surface area contributed by atoms with Gasteiger partial charge in [0.25, 0.3) is 0 Å². The van der Waals surface area contributed by atoms with Crippen molar-refractivity contribution in [3.8, 4) is 0 Å². The molecule has 13 heavy (non-hydrogen) atoms. The molecule has 1 aromatic rings. The summed E-state index contributed by atoms with van der Waals surface area (Å²) in [5.41, 5.74) is 2.21. The zero-order valence-electron chi connectivity index (χ0n) is 8.49. The molecule has 1 N–H and O–H groups in total. The molecule has 0 saturated heterocycles. The summed E-state index contributed by atoms with van der Waals surface area (Å²) in [7, 11) is 3.92. The van der Waals surface area contributed by atoms with E-state index in [4.69, 9.17) is 5.11 Å². The minimum Gasteiger partial charge on any atom is -0.395 e. The summed E-state index contributed by atoms with van der Waals surface area (Å²) >= 11 is 0. The number of aromatic nitrogens is 2. The van der Waals surface area contributed by atoms with Crippen molar-refractivity contribution in [2.45, 2.75) is 13.5 Å². The summed E-state index contributed by atoms with van der Waals surface area (Å²) in [5.74, 6) is 0. The van der Waals surface area contributed by atoms with Crippen molar-refractivity contribution >= 4 is 0 Å². The molecule has 0 aliphatic heterocycles. The number of aryl methyl sites for hydroxylation is 2. The molecule has 0 unspecified atom stereocenters. The predicted molar refractivity (Wildman–Crippen MR) is 51.4 cm³/mol. The summed E-state index contributed by atoms with van der Waals surface area (Å²) in [6, 6.07) is 2.06. The van der Waals surface area contributed by atoms with Crippen LogP contribution in [0.15, 0.2) is 6.07 Å². The molecule has 0 radical (unpaired) electrons. The van der Waals surface area contributed by atoms with Gasteiger partial charge in [-0.05, 0) is 20.0 Å². The largest absolute Gasteiger partial charge is 0.395 e. The van der Waals surface area contributed by atoms with Gasteiger partial charge in [-0.1, -0.05) is 0 Å². The summed E-state index contributed by atoms with van der Waals surface area (Å²) < 4.78 is 1.88. The highest BCUT2D eigenvalue weighted by atomic mass is 16.3. The Kier molecular flexibility index (Phi) is 3.45. The predicted octanol–water partition coefficient (Wildman–Crippen LogP) is 0.153. The molecule has 0 aliphatic rings. The molecule has 0 saturated carbocycles. The van der Waals surface area contributed by atoms with Crippen LogP contribution in [0.5, 0.6) is 0 Å². The van der Waals surface area contributed by atoms with Crippen LogP contribution in [0, 0.1) is 6.92 Å². The SMILES string of the molecule is Cc1cc(CN(C)CCO)n(C)n1. The number of aliphatic hydroxyl groups excluding tert-OH is 1. The van der Waals surface area contributed by atoms with Crippen LogP contribution in [-0.2, 0) is 13.6 Å². The highest BCUT2D eigenvalue weighted by Gasteiger charge is 2.04. The van der Waals surface area contributed by atoms with Crippen LogP contribution < -0.4 is 0 Å². The fourth-order valence-electron chi connectivity index (χ4n) is 1.34. The van der Waals surface area contributed by atoms with Gasteiger partial charge in [0.05, 0.1) is 18.0 Å². The minimum atomic E-state index is 0.202. The Balaban J connectivity index is 2.57. The van der Waals surface area contributed by atoms with Crippen molar-refractivity contribution < 1.29 is 5.11 Å². The van der Waals surface area contributed by atoms with E-state index < -0.39 is 0 Å². The Bertz CT molecular complexity index is 270. The third-order valence-corrected chi connectivity index (χ3v) is 2.01. The number of hydrogen-bond acceptors (Lipinski definition) is 3. The van der Waals surface area contributed by atoms with E-state index in [1.165, 1.54) is 5.69 Å². The van der Waals surface area contributed by atoms with Crippen molar-refractivity contribution in [3.63, 3.8) is 0 Å². The van der Waals surface area contributed by atoms with E-state index in [-0.39, 0.29) is 6.61 Å². The highest BCUT2D eigenvalue weighted by Crippen LogP contribution is 2.04. The quantitative estimate of drug-likeness (QED) is 0.722. The van der Waals surface area contributed by atoms with Gasteiger partial charge >= 0.3 is 0 Å². The van der Waals surface area contributed by atoms with Gasteiger partial charge in [-0.25, -0.2) is 0 Å². The first-order valence-electron chi connectivity index (χ1n) is 4.42. The lowest BCUT2D eigenvalue weighted by Crippen LogP contribution is -2.22. The molecule has 0 fully saturated rings. The fraction of sp³-hybridized carbons (Fsp3) is 0.667. The first-order chi connectivity index (χ1) is 6.13. The average Bonchev–Trinajstić information content (AvgIpc) is 2.30. The third-order valence-electron chi connectivity index (χ3n) is 2.01. The second-order valence-corrected chi connectivity index (χ2v) is 3.36. The molecular formula is C9H17N3O. The third kappa shape index (κ3) is 2.82. The van der Waals surface area contributed by atoms with Gasteiger partial charge in [0.1, 0.15) is 0 Å². The lowest BCUT2D eigenvalue weighted by Gasteiger charge is -2.14. The standard InChI is InChI=1S/C9H17N3O/c1-8-6-9(12(3)10-8)7-11(2)4-5-13/h6,13H,4-5,7H2,1-3H3. The second-order valence-electron chi connectivity index (χ2n) is 3.36. The molecular weight excluding hydrogens is 166 g/mol. The lowest BCUT2D eigenvalue weighted by atomic mass is 10.3. The van der Waals surface area contributed by atoms with E-state index in [1.54, 1.807) is 0 Å². The molecule has 1 aromatic heterocycles. The van der Waals surface area contributed by atoms with Crippen LogP contribution in [0.3, 0.4) is 0 Å². The Hall–Kier alpha value is -0.870. The monoisotopic (exact) mass is 183 g/mol. The van der Waals surface area contributed by atoms with Crippen molar-refractivity contribution in [2.24, 2.45) is 7.05 Å². The molecule has 0 atom stereocenters. The maximum absolute atomic E-state index is 8.73. The van der Waals surface area contributed by atoms with E-state index in [2.05, 4.69) is 16.1 Å². The smallest absolute Gasteiger partial charge is 0.0597 e. The van der Waals surface area contributed by atoms with Crippen molar-refractivity contribution in [2.75, 3.05) is 20.2 Å². The fourth-order valence-corrected chi connectivity index (χ4v) is 1.34. The lowest BCUT2D eigenvalue weighted by molar-refractivity contribution is 0.214. The van der Waals surface area contributed by atoms with Gasteiger partial charge in [0, 0.05) is 20.1 Å². The van der Waals surface area contributed by atoms with Gasteiger partial charge < -0.3 is 5.11 Å². The number of aliphatic hydroxyl groups is 1. The first-order valence-corrected chi connectivity index (χ1v) is 4.42. The number of rotatable bonds is 4. The number of nitrogens with zero attached hydrogens (tertiary/aromatic N) is 3. The van der Waals surface area contributed by atoms with Gasteiger partial charge in [0.2, 0.25) is 0 Å². The Morgan fingerprint density at radius 2 is 2.31 bits per heavy atom. The molecule has 0 bridgehead atoms. The molecule has 1 rings (SSSR count). The van der Waals surface area contributed by atoms with Gasteiger partial charge in [-0.15, -0.1) is 0 Å². The molecule has 0 amide bonds. The van der Waals surface area contributed by atoms with Crippen LogP contribution in [-0.4, -0.2) is 40.0 Å². The number of likely N-dealkylation sites (N-methyl/N-ethyl adjacent to an activating group) is 1. The van der Waals surface area contributed by atoms with Gasteiger partial charge in [0.15, 0.2) is 0 Å². The normalized spacial score (nSPS) is 11.2. The van der Waals surface area contributed by atoms with Crippen molar-refractivity contribution in [1.82, 2.24) is 14.7 Å². The summed E-state index contributed by atoms with van der Waals surface area (Å²) in [4.78, 5) is 2.07. The first kappa shape index (κ1) is 10.2. The average molecular weight is 183 g/mol. The van der Waals surface area contributed by atoms with Crippen LogP contribution in [0.25, 0.3) is 0 Å². The second kappa shape index (κ2) is 4.39. The molecule has 74 valence electrons. The summed E-state index contributed by atoms with van der Waals surface area (Å²) in [5, 5.41) is 13.0. The maximum Gasteiger partial charge on any atom is 0.0597 e. The van der Waals surface area contributed by atoms with Gasteiger partial charge in [-0.3, -0.25) is 9.58 Å². The van der Waals surface area contributed by atoms with Crippen molar-refractivity contribution in [3.05, 3.63) is 17.5 Å². The van der Waals surface area contributed by atoms with Gasteiger partial charge in [-0.2, -0.15) is 5.10 Å². The van der Waals surface area contributed by atoms with E-state index in [0.717, 1.165) is 12.2 Å². The van der Waals surface area contributed by atoms with E-state index >= 15 is 0 Å². The topological polar surface area (TPSA) is 41.3 Å². The Morgan fingerprint density at radius 3 is 2.77 bits per heavy atom. The summed E-state index contributed by atoms with van der Waals surface area (Å²) in [6.45, 7) is 3.71. The Labute approximate surface area is 78.8 Å². The maximum atomic E-state index is 8.73. The van der Waals surface area contributed by atoms with Crippen LogP contribution in [0.1, 0.15) is 11.4 Å². The zero-order valence-corrected chi connectivity index (χ0v) is 8.49. The zero-order chi connectivity index (χ0) is 9.84. The van der Waals surface area contributed by atoms with Crippen molar-refractivity contribution in [1.29, 1.82) is 0 Å². The minimum absolute atomic E-state index is 0.202. The van der Waals surface area contributed by atoms with E-state index in [1.807, 2.05) is 25.7 Å². The van der Waals surface area contributed by atoms with Crippen LogP contribution >= 0.6 is 0 Å². The van der Waals surface area contributed by atoms with E-state index in [9.17, 15) is 0 Å². The molecule has 0 spiro atoms. The molecule has 4 heteroatoms. The Morgan fingerprint density at radius 1 is 1.62 bits per heavy atom. The van der Waals surface area contributed by atoms with E-state index in [0.29, 0.717) is 6.54 Å². The molecule has 1 heterocycles.